The van der Waals surface area contributed by atoms with Gasteiger partial charge in [0.1, 0.15) is 0 Å². The monoisotopic (exact) mass is 416 g/mol. The van der Waals surface area contributed by atoms with E-state index in [2.05, 4.69) is 79.7 Å². The molecule has 3 aromatic rings. The first-order valence-electron chi connectivity index (χ1n) is 11.7. The number of unbranched alkanes of at least 4 members (excludes halogenated alkanes) is 2. The summed E-state index contributed by atoms with van der Waals surface area (Å²) in [4.78, 5) is 0. The van der Waals surface area contributed by atoms with Crippen LogP contribution in [0.5, 0.6) is 0 Å². The van der Waals surface area contributed by atoms with Crippen molar-refractivity contribution in [3.05, 3.63) is 83.4 Å². The highest BCUT2D eigenvalue weighted by Crippen LogP contribution is 2.44. The third-order valence-corrected chi connectivity index (χ3v) is 7.16. The van der Waals surface area contributed by atoms with Crippen LogP contribution >= 0.6 is 11.6 Å². The summed E-state index contributed by atoms with van der Waals surface area (Å²) < 4.78 is 0. The minimum Gasteiger partial charge on any atom is -0.0840 e. The van der Waals surface area contributed by atoms with Gasteiger partial charge in [-0.15, -0.1) is 0 Å². The Bertz CT molecular complexity index is 918. The molecule has 0 nitrogen and oxygen atoms in total. The molecule has 1 aliphatic rings. The summed E-state index contributed by atoms with van der Waals surface area (Å²) in [6.45, 7) is 2.29. The van der Waals surface area contributed by atoms with E-state index < -0.39 is 0 Å². The molecule has 30 heavy (non-hydrogen) atoms. The summed E-state index contributed by atoms with van der Waals surface area (Å²) in [5, 5.41) is 0.939. The van der Waals surface area contributed by atoms with E-state index in [1.54, 1.807) is 0 Å². The molecule has 1 fully saturated rings. The van der Waals surface area contributed by atoms with Gasteiger partial charge in [0.25, 0.3) is 0 Å². The van der Waals surface area contributed by atoms with Gasteiger partial charge < -0.3 is 0 Å². The second-order valence-electron chi connectivity index (χ2n) is 8.86. The molecule has 1 heteroatoms. The molecule has 0 bridgehead atoms. The molecule has 156 valence electrons. The summed E-state index contributed by atoms with van der Waals surface area (Å²) in [6.07, 6.45) is 10.8. The average molecular weight is 417 g/mol. The predicted molar refractivity (Wildman–Crippen MR) is 131 cm³/mol. The second-order valence-corrected chi connectivity index (χ2v) is 9.27. The largest absolute Gasteiger partial charge is 0.0840 e. The van der Waals surface area contributed by atoms with Gasteiger partial charge in [0.2, 0.25) is 0 Å². The molecule has 0 amide bonds. The Kier molecular flexibility index (Phi) is 7.28. The summed E-state index contributed by atoms with van der Waals surface area (Å²) in [5.41, 5.74) is 6.49. The van der Waals surface area contributed by atoms with E-state index in [0.29, 0.717) is 5.92 Å². The zero-order valence-electron chi connectivity index (χ0n) is 18.1. The minimum absolute atomic E-state index is 0.588. The van der Waals surface area contributed by atoms with Gasteiger partial charge >= 0.3 is 0 Å². The van der Waals surface area contributed by atoms with Crippen LogP contribution in [0.4, 0.5) is 0 Å². The lowest BCUT2D eigenvalue weighted by molar-refractivity contribution is 0.303. The van der Waals surface area contributed by atoms with Crippen LogP contribution in [0.1, 0.15) is 69.8 Å². The van der Waals surface area contributed by atoms with Crippen molar-refractivity contribution in [2.24, 2.45) is 5.92 Å². The van der Waals surface area contributed by atoms with E-state index in [1.807, 2.05) is 0 Å². The molecule has 0 spiro atoms. The number of hydrogen-bond acceptors (Lipinski definition) is 0. The van der Waals surface area contributed by atoms with E-state index in [4.69, 9.17) is 11.6 Å². The van der Waals surface area contributed by atoms with Crippen LogP contribution < -0.4 is 0 Å². The van der Waals surface area contributed by atoms with Gasteiger partial charge in [0, 0.05) is 5.02 Å². The van der Waals surface area contributed by atoms with Crippen molar-refractivity contribution in [3.8, 4) is 22.3 Å². The van der Waals surface area contributed by atoms with Gasteiger partial charge in [-0.2, -0.15) is 0 Å². The molecular formula is C29H33Cl. The Morgan fingerprint density at radius 3 is 2.07 bits per heavy atom. The second kappa shape index (κ2) is 10.3. The Hall–Kier alpha value is -2.05. The topological polar surface area (TPSA) is 0 Å². The van der Waals surface area contributed by atoms with Crippen molar-refractivity contribution in [2.45, 2.75) is 64.2 Å². The maximum absolute atomic E-state index is 6.78. The molecule has 0 radical (unpaired) electrons. The number of rotatable bonds is 7. The number of halogens is 1. The van der Waals surface area contributed by atoms with E-state index in [1.165, 1.54) is 79.2 Å². The lowest BCUT2D eigenvalue weighted by atomic mass is 9.75. The third kappa shape index (κ3) is 4.98. The predicted octanol–water partition coefficient (Wildman–Crippen LogP) is 9.53. The maximum Gasteiger partial charge on any atom is 0.0447 e. The molecule has 0 N–H and O–H groups in total. The Balaban J connectivity index is 1.53. The highest BCUT2D eigenvalue weighted by atomic mass is 35.5. The van der Waals surface area contributed by atoms with Crippen LogP contribution in [0.3, 0.4) is 0 Å². The molecule has 1 saturated carbocycles. The molecule has 0 saturated heterocycles. The highest BCUT2D eigenvalue weighted by molar-refractivity contribution is 6.31. The Morgan fingerprint density at radius 1 is 0.700 bits per heavy atom. The van der Waals surface area contributed by atoms with E-state index >= 15 is 0 Å². The fraction of sp³-hybridized carbons (Fsp3) is 0.379. The van der Waals surface area contributed by atoms with Crippen molar-refractivity contribution in [1.82, 2.24) is 0 Å². The zero-order valence-corrected chi connectivity index (χ0v) is 18.9. The first-order valence-corrected chi connectivity index (χ1v) is 12.1. The van der Waals surface area contributed by atoms with E-state index in [-0.39, 0.29) is 0 Å². The maximum atomic E-state index is 6.78. The van der Waals surface area contributed by atoms with Crippen LogP contribution in [-0.4, -0.2) is 0 Å². The molecule has 1 aliphatic carbocycles. The fourth-order valence-electron chi connectivity index (χ4n) is 5.10. The molecule has 0 aromatic heterocycles. The molecule has 4 rings (SSSR count). The quantitative estimate of drug-likeness (QED) is 0.336. The highest BCUT2D eigenvalue weighted by Gasteiger charge is 2.25. The summed E-state index contributed by atoms with van der Waals surface area (Å²) in [7, 11) is 0. The van der Waals surface area contributed by atoms with Crippen LogP contribution in [0.15, 0.2) is 72.8 Å². The normalized spacial score (nSPS) is 19.0. The molecule has 0 unspecified atom stereocenters. The Labute approximate surface area is 187 Å². The molecular weight excluding hydrogens is 384 g/mol. The fourth-order valence-corrected chi connectivity index (χ4v) is 5.43. The first-order chi connectivity index (χ1) is 14.8. The summed E-state index contributed by atoms with van der Waals surface area (Å²) in [5.74, 6) is 1.51. The van der Waals surface area contributed by atoms with Crippen molar-refractivity contribution < 1.29 is 0 Å². The van der Waals surface area contributed by atoms with Gasteiger partial charge in [0.15, 0.2) is 0 Å². The van der Waals surface area contributed by atoms with Crippen molar-refractivity contribution >= 4 is 11.6 Å². The lowest BCUT2D eigenvalue weighted by Crippen LogP contribution is -2.14. The SMILES string of the molecule is CCCCCC1CCC(c2c(Cl)cccc2-c2ccc(-c3ccccc3)cc2)CC1. The summed E-state index contributed by atoms with van der Waals surface area (Å²) in [6, 6.07) is 26.0. The van der Waals surface area contributed by atoms with Gasteiger partial charge in [0.05, 0.1) is 0 Å². The average Bonchev–Trinajstić information content (AvgIpc) is 2.80. The van der Waals surface area contributed by atoms with Crippen molar-refractivity contribution in [3.63, 3.8) is 0 Å². The van der Waals surface area contributed by atoms with Gasteiger partial charge in [-0.3, -0.25) is 0 Å². The van der Waals surface area contributed by atoms with Crippen molar-refractivity contribution in [1.29, 1.82) is 0 Å². The first kappa shape index (κ1) is 21.2. The van der Waals surface area contributed by atoms with Gasteiger partial charge in [-0.1, -0.05) is 111 Å². The molecule has 3 aromatic carbocycles. The molecule has 0 atom stereocenters. The van der Waals surface area contributed by atoms with Crippen LogP contribution in [-0.2, 0) is 0 Å². The van der Waals surface area contributed by atoms with E-state index in [0.717, 1.165) is 10.9 Å². The van der Waals surface area contributed by atoms with Crippen molar-refractivity contribution in [2.75, 3.05) is 0 Å². The number of hydrogen-bond donors (Lipinski definition) is 0. The minimum atomic E-state index is 0.588. The lowest BCUT2D eigenvalue weighted by Gasteiger charge is -2.30. The van der Waals surface area contributed by atoms with Crippen LogP contribution in [0.25, 0.3) is 22.3 Å². The van der Waals surface area contributed by atoms with Gasteiger partial charge in [-0.05, 0) is 71.4 Å². The number of benzene rings is 3. The standard InChI is InChI=1S/C29H33Cl/c1-2-3-5-9-22-14-16-26(17-15-22)29-27(12-8-13-28(29)30)25-20-18-24(19-21-25)23-10-6-4-7-11-23/h4,6-8,10-13,18-22,26H,2-3,5,9,14-17H2,1H3. The smallest absolute Gasteiger partial charge is 0.0447 e. The van der Waals surface area contributed by atoms with Crippen LogP contribution in [0.2, 0.25) is 5.02 Å². The molecule has 0 heterocycles. The molecule has 0 aliphatic heterocycles. The van der Waals surface area contributed by atoms with E-state index in [9.17, 15) is 0 Å². The third-order valence-electron chi connectivity index (χ3n) is 6.83. The summed E-state index contributed by atoms with van der Waals surface area (Å²) >= 11 is 6.78. The Morgan fingerprint density at radius 2 is 1.37 bits per heavy atom. The van der Waals surface area contributed by atoms with Crippen LogP contribution in [0, 0.1) is 5.92 Å². The van der Waals surface area contributed by atoms with Gasteiger partial charge in [-0.25, -0.2) is 0 Å². The zero-order chi connectivity index (χ0) is 20.8.